The van der Waals surface area contributed by atoms with Crippen LogP contribution >= 0.6 is 0 Å². The van der Waals surface area contributed by atoms with E-state index in [0.717, 1.165) is 11.1 Å². The highest BCUT2D eigenvalue weighted by atomic mass is 16.1. The number of aromatic nitrogens is 2. The maximum Gasteiger partial charge on any atom is 0.256 e. The average Bonchev–Trinajstić information content (AvgIpc) is 2.93. The lowest BCUT2D eigenvalue weighted by atomic mass is 10.0. The van der Waals surface area contributed by atoms with Crippen LogP contribution in [-0.2, 0) is 7.05 Å². The van der Waals surface area contributed by atoms with E-state index >= 15 is 0 Å². The van der Waals surface area contributed by atoms with E-state index in [2.05, 4.69) is 10.4 Å². The summed E-state index contributed by atoms with van der Waals surface area (Å²) in [5, 5.41) is 6.85. The van der Waals surface area contributed by atoms with Crippen LogP contribution in [0.4, 0.5) is 5.82 Å². The summed E-state index contributed by atoms with van der Waals surface area (Å²) in [4.78, 5) is 12.2. The van der Waals surface area contributed by atoms with Gasteiger partial charge in [-0.1, -0.05) is 42.5 Å². The summed E-state index contributed by atoms with van der Waals surface area (Å²) in [5.41, 5.74) is 2.85. The Morgan fingerprint density at radius 3 is 2.24 bits per heavy atom. The fourth-order valence-electron chi connectivity index (χ4n) is 2.13. The molecule has 0 spiro atoms. The average molecular weight is 277 g/mol. The normalized spacial score (nSPS) is 10.3. The minimum atomic E-state index is -0.141. The minimum absolute atomic E-state index is 0.141. The van der Waals surface area contributed by atoms with Crippen LogP contribution in [-0.4, -0.2) is 15.7 Å². The largest absolute Gasteiger partial charge is 0.307 e. The first-order valence-corrected chi connectivity index (χ1v) is 6.69. The topological polar surface area (TPSA) is 46.9 Å². The predicted octanol–water partition coefficient (Wildman–Crippen LogP) is 3.34. The van der Waals surface area contributed by atoms with Gasteiger partial charge in [0.05, 0.1) is 6.20 Å². The Hall–Kier alpha value is -2.88. The van der Waals surface area contributed by atoms with E-state index < -0.39 is 0 Å². The molecule has 0 saturated heterocycles. The van der Waals surface area contributed by atoms with Crippen LogP contribution in [0, 0.1) is 0 Å². The van der Waals surface area contributed by atoms with Crippen molar-refractivity contribution in [3.63, 3.8) is 0 Å². The van der Waals surface area contributed by atoms with E-state index in [4.69, 9.17) is 0 Å². The number of amides is 1. The molecule has 1 amide bonds. The molecule has 0 fully saturated rings. The van der Waals surface area contributed by atoms with Crippen molar-refractivity contribution in [3.8, 4) is 11.1 Å². The van der Waals surface area contributed by atoms with Gasteiger partial charge >= 0.3 is 0 Å². The molecule has 0 bridgehead atoms. The van der Waals surface area contributed by atoms with Gasteiger partial charge in [0, 0.05) is 18.7 Å². The molecule has 0 radical (unpaired) electrons. The van der Waals surface area contributed by atoms with Crippen molar-refractivity contribution in [1.82, 2.24) is 9.78 Å². The van der Waals surface area contributed by atoms with Gasteiger partial charge in [-0.05, 0) is 23.3 Å². The number of hydrogen-bond acceptors (Lipinski definition) is 2. The van der Waals surface area contributed by atoms with Gasteiger partial charge in [-0.15, -0.1) is 0 Å². The number of nitrogens with one attached hydrogen (secondary N) is 1. The summed E-state index contributed by atoms with van der Waals surface area (Å²) in [7, 11) is 1.79. The van der Waals surface area contributed by atoms with E-state index in [-0.39, 0.29) is 5.91 Å². The van der Waals surface area contributed by atoms with Crippen molar-refractivity contribution in [3.05, 3.63) is 72.4 Å². The summed E-state index contributed by atoms with van der Waals surface area (Å²) >= 11 is 0. The van der Waals surface area contributed by atoms with Gasteiger partial charge in [0.15, 0.2) is 0 Å². The molecule has 0 aliphatic rings. The van der Waals surface area contributed by atoms with Crippen molar-refractivity contribution in [2.75, 3.05) is 5.32 Å². The number of aryl methyl sites for hydroxylation is 1. The summed E-state index contributed by atoms with van der Waals surface area (Å²) in [6.07, 6.45) is 1.65. The lowest BCUT2D eigenvalue weighted by Crippen LogP contribution is -2.14. The number of rotatable bonds is 3. The van der Waals surface area contributed by atoms with Gasteiger partial charge in [0.25, 0.3) is 5.91 Å². The molecule has 1 N–H and O–H groups in total. The van der Waals surface area contributed by atoms with Crippen LogP contribution in [0.1, 0.15) is 10.4 Å². The minimum Gasteiger partial charge on any atom is -0.307 e. The molecule has 0 aliphatic heterocycles. The SMILES string of the molecule is Cn1nccc1NC(=O)c1ccc(-c2ccccc2)cc1. The lowest BCUT2D eigenvalue weighted by Gasteiger charge is -2.06. The van der Waals surface area contributed by atoms with Gasteiger partial charge in [-0.2, -0.15) is 5.10 Å². The Labute approximate surface area is 123 Å². The second-order valence-corrected chi connectivity index (χ2v) is 4.74. The number of anilines is 1. The molecular weight excluding hydrogens is 262 g/mol. The van der Waals surface area contributed by atoms with Crippen LogP contribution < -0.4 is 5.32 Å². The van der Waals surface area contributed by atoms with Gasteiger partial charge in [0.2, 0.25) is 0 Å². The lowest BCUT2D eigenvalue weighted by molar-refractivity contribution is 0.102. The fraction of sp³-hybridized carbons (Fsp3) is 0.0588. The third-order valence-corrected chi connectivity index (χ3v) is 3.32. The highest BCUT2D eigenvalue weighted by Gasteiger charge is 2.08. The molecule has 21 heavy (non-hydrogen) atoms. The Morgan fingerprint density at radius 1 is 0.952 bits per heavy atom. The van der Waals surface area contributed by atoms with E-state index in [9.17, 15) is 4.79 Å². The number of benzene rings is 2. The van der Waals surface area contributed by atoms with Crippen LogP contribution in [0.25, 0.3) is 11.1 Å². The summed E-state index contributed by atoms with van der Waals surface area (Å²) < 4.78 is 1.62. The van der Waals surface area contributed by atoms with Gasteiger partial charge in [0.1, 0.15) is 5.82 Å². The molecule has 0 unspecified atom stereocenters. The maximum absolute atomic E-state index is 12.2. The third-order valence-electron chi connectivity index (χ3n) is 3.32. The maximum atomic E-state index is 12.2. The summed E-state index contributed by atoms with van der Waals surface area (Å²) in [6, 6.07) is 19.4. The van der Waals surface area contributed by atoms with E-state index in [1.165, 1.54) is 0 Å². The smallest absolute Gasteiger partial charge is 0.256 e. The highest BCUT2D eigenvalue weighted by Crippen LogP contribution is 2.19. The first kappa shape index (κ1) is 13.1. The standard InChI is InChI=1S/C17H15N3O/c1-20-16(11-12-18-20)19-17(21)15-9-7-14(8-10-15)13-5-3-2-4-6-13/h2-12H,1H3,(H,19,21). The molecule has 104 valence electrons. The van der Waals surface area contributed by atoms with Crippen molar-refractivity contribution < 1.29 is 4.79 Å². The zero-order valence-electron chi connectivity index (χ0n) is 11.7. The quantitative estimate of drug-likeness (QED) is 0.798. The molecule has 3 rings (SSSR count). The number of carbonyl (C=O) groups excluding carboxylic acids is 1. The predicted molar refractivity (Wildman–Crippen MR) is 83.0 cm³/mol. The molecule has 1 heterocycles. The molecule has 0 saturated carbocycles. The van der Waals surface area contributed by atoms with Gasteiger partial charge < -0.3 is 5.32 Å². The van der Waals surface area contributed by atoms with Crippen molar-refractivity contribution in [1.29, 1.82) is 0 Å². The van der Waals surface area contributed by atoms with E-state index in [1.54, 1.807) is 24.0 Å². The third kappa shape index (κ3) is 2.84. The second-order valence-electron chi connectivity index (χ2n) is 4.74. The van der Waals surface area contributed by atoms with Gasteiger partial charge in [-0.25, -0.2) is 0 Å². The van der Waals surface area contributed by atoms with Crippen LogP contribution in [0.2, 0.25) is 0 Å². The number of carbonyl (C=O) groups is 1. The molecule has 3 aromatic rings. The molecular formula is C17H15N3O. The number of nitrogens with zero attached hydrogens (tertiary/aromatic N) is 2. The highest BCUT2D eigenvalue weighted by molar-refractivity contribution is 6.04. The molecule has 4 nitrogen and oxygen atoms in total. The monoisotopic (exact) mass is 277 g/mol. The molecule has 0 atom stereocenters. The first-order chi connectivity index (χ1) is 10.2. The zero-order chi connectivity index (χ0) is 14.7. The summed E-state index contributed by atoms with van der Waals surface area (Å²) in [5.74, 6) is 0.533. The second kappa shape index (κ2) is 5.63. The van der Waals surface area contributed by atoms with Crippen LogP contribution in [0.3, 0.4) is 0 Å². The molecule has 4 heteroatoms. The molecule has 2 aromatic carbocycles. The number of hydrogen-bond donors (Lipinski definition) is 1. The Balaban J connectivity index is 1.78. The van der Waals surface area contributed by atoms with E-state index in [0.29, 0.717) is 11.4 Å². The molecule has 1 aromatic heterocycles. The first-order valence-electron chi connectivity index (χ1n) is 6.69. The van der Waals surface area contributed by atoms with Crippen molar-refractivity contribution in [2.24, 2.45) is 7.05 Å². The van der Waals surface area contributed by atoms with Crippen molar-refractivity contribution in [2.45, 2.75) is 0 Å². The van der Waals surface area contributed by atoms with Crippen molar-refractivity contribution >= 4 is 11.7 Å². The zero-order valence-corrected chi connectivity index (χ0v) is 11.7. The van der Waals surface area contributed by atoms with Crippen LogP contribution in [0.5, 0.6) is 0 Å². The Kier molecular flexibility index (Phi) is 3.51. The Bertz CT molecular complexity index is 745. The Morgan fingerprint density at radius 2 is 1.62 bits per heavy atom. The van der Waals surface area contributed by atoms with Gasteiger partial charge in [-0.3, -0.25) is 9.48 Å². The van der Waals surface area contributed by atoms with E-state index in [1.807, 2.05) is 54.6 Å². The summed E-state index contributed by atoms with van der Waals surface area (Å²) in [6.45, 7) is 0. The fourth-order valence-corrected chi connectivity index (χ4v) is 2.13. The molecule has 0 aliphatic carbocycles. The van der Waals surface area contributed by atoms with Crippen LogP contribution in [0.15, 0.2) is 66.9 Å².